The van der Waals surface area contributed by atoms with Crippen molar-refractivity contribution >= 4 is 11.6 Å². The normalized spacial score (nSPS) is 9.87. The Morgan fingerprint density at radius 2 is 2.00 bits per heavy atom. The zero-order valence-corrected chi connectivity index (χ0v) is 9.68. The number of hydrogen-bond donors (Lipinski definition) is 1. The minimum Gasteiger partial charge on any atom is -0.494 e. The predicted molar refractivity (Wildman–Crippen MR) is 61.4 cm³/mol. The number of hydrogen-bond acceptors (Lipinski definition) is 2. The number of ether oxygens (including phenoxy) is 1. The highest BCUT2D eigenvalue weighted by Crippen LogP contribution is 2.26. The molecule has 1 N–H and O–H groups in total. The molecular formula is C12H17NO2. The Labute approximate surface area is 90.4 Å². The third-order valence-electron chi connectivity index (χ3n) is 2.13. The second-order valence-electron chi connectivity index (χ2n) is 3.55. The van der Waals surface area contributed by atoms with Crippen molar-refractivity contribution in [2.45, 2.75) is 27.7 Å². The number of rotatable bonds is 3. The van der Waals surface area contributed by atoms with Gasteiger partial charge in [0, 0.05) is 18.7 Å². The lowest BCUT2D eigenvalue weighted by Crippen LogP contribution is -2.08. The van der Waals surface area contributed by atoms with Gasteiger partial charge in [0.15, 0.2) is 0 Å². The molecule has 0 radical (unpaired) electrons. The fourth-order valence-corrected chi connectivity index (χ4v) is 1.47. The number of amides is 1. The molecule has 0 unspecified atom stereocenters. The molecule has 0 aromatic heterocycles. The fraction of sp³-hybridized carbons (Fsp3) is 0.417. The molecule has 15 heavy (non-hydrogen) atoms. The zero-order valence-electron chi connectivity index (χ0n) is 9.68. The van der Waals surface area contributed by atoms with E-state index in [0.717, 1.165) is 22.6 Å². The molecule has 1 aromatic carbocycles. The minimum absolute atomic E-state index is 0.0654. The summed E-state index contributed by atoms with van der Waals surface area (Å²) in [5, 5.41) is 2.78. The van der Waals surface area contributed by atoms with Crippen LogP contribution in [0.25, 0.3) is 0 Å². The van der Waals surface area contributed by atoms with E-state index in [1.807, 2.05) is 32.9 Å². The van der Waals surface area contributed by atoms with Crippen molar-refractivity contribution < 1.29 is 9.53 Å². The Hall–Kier alpha value is -1.51. The van der Waals surface area contributed by atoms with E-state index < -0.39 is 0 Å². The maximum Gasteiger partial charge on any atom is 0.221 e. The van der Waals surface area contributed by atoms with Crippen LogP contribution in [0.5, 0.6) is 5.75 Å². The van der Waals surface area contributed by atoms with Gasteiger partial charge in [0.1, 0.15) is 5.75 Å². The molecule has 1 aromatic rings. The van der Waals surface area contributed by atoms with Gasteiger partial charge in [-0.25, -0.2) is 0 Å². The van der Waals surface area contributed by atoms with Gasteiger partial charge in [0.2, 0.25) is 5.91 Å². The first-order valence-electron chi connectivity index (χ1n) is 5.06. The molecule has 0 heterocycles. The molecule has 0 saturated carbocycles. The molecule has 0 spiro atoms. The summed E-state index contributed by atoms with van der Waals surface area (Å²) < 4.78 is 5.46. The van der Waals surface area contributed by atoms with E-state index in [1.54, 1.807) is 0 Å². The topological polar surface area (TPSA) is 38.3 Å². The monoisotopic (exact) mass is 207 g/mol. The number of nitrogens with one attached hydrogen (secondary N) is 1. The Morgan fingerprint density at radius 3 is 2.53 bits per heavy atom. The van der Waals surface area contributed by atoms with Gasteiger partial charge in [-0.3, -0.25) is 4.79 Å². The third-order valence-corrected chi connectivity index (χ3v) is 2.13. The van der Waals surface area contributed by atoms with Gasteiger partial charge in [-0.15, -0.1) is 0 Å². The van der Waals surface area contributed by atoms with E-state index in [2.05, 4.69) is 5.32 Å². The van der Waals surface area contributed by atoms with Gasteiger partial charge in [0.25, 0.3) is 0 Å². The Kier molecular flexibility index (Phi) is 3.72. The first-order chi connectivity index (χ1) is 7.04. The molecule has 3 nitrogen and oxygen atoms in total. The van der Waals surface area contributed by atoms with E-state index >= 15 is 0 Å². The summed E-state index contributed by atoms with van der Waals surface area (Å²) in [5.74, 6) is 0.760. The predicted octanol–water partition coefficient (Wildman–Crippen LogP) is 2.66. The number of carbonyl (C=O) groups is 1. The van der Waals surface area contributed by atoms with Crippen molar-refractivity contribution in [2.75, 3.05) is 11.9 Å². The second kappa shape index (κ2) is 4.82. The lowest BCUT2D eigenvalue weighted by Gasteiger charge is -2.12. The van der Waals surface area contributed by atoms with Crippen molar-refractivity contribution in [3.63, 3.8) is 0 Å². The zero-order chi connectivity index (χ0) is 11.4. The number of anilines is 1. The van der Waals surface area contributed by atoms with Crippen molar-refractivity contribution in [3.8, 4) is 5.75 Å². The van der Waals surface area contributed by atoms with Crippen LogP contribution in [0.4, 0.5) is 5.69 Å². The van der Waals surface area contributed by atoms with E-state index in [1.165, 1.54) is 6.92 Å². The highest BCUT2D eigenvalue weighted by molar-refractivity contribution is 5.89. The van der Waals surface area contributed by atoms with Crippen LogP contribution < -0.4 is 10.1 Å². The standard InChI is InChI=1S/C12H17NO2/c1-5-15-12-7-11(13-10(4)14)8(2)6-9(12)3/h6-7H,5H2,1-4H3,(H,13,14). The summed E-state index contributed by atoms with van der Waals surface area (Å²) in [6.07, 6.45) is 0. The fourth-order valence-electron chi connectivity index (χ4n) is 1.47. The molecule has 1 amide bonds. The van der Waals surface area contributed by atoms with Crippen LogP contribution in [0, 0.1) is 13.8 Å². The third kappa shape index (κ3) is 2.98. The molecule has 0 atom stereocenters. The maximum absolute atomic E-state index is 11.0. The lowest BCUT2D eigenvalue weighted by molar-refractivity contribution is -0.114. The molecule has 82 valence electrons. The van der Waals surface area contributed by atoms with Crippen LogP contribution in [-0.4, -0.2) is 12.5 Å². The number of aryl methyl sites for hydroxylation is 2. The van der Waals surface area contributed by atoms with Crippen molar-refractivity contribution in [2.24, 2.45) is 0 Å². The first-order valence-corrected chi connectivity index (χ1v) is 5.06. The highest BCUT2D eigenvalue weighted by Gasteiger charge is 2.06. The highest BCUT2D eigenvalue weighted by atomic mass is 16.5. The summed E-state index contributed by atoms with van der Waals surface area (Å²) in [6.45, 7) is 8.03. The molecule has 0 aliphatic heterocycles. The van der Waals surface area contributed by atoms with E-state index in [-0.39, 0.29) is 5.91 Å². The molecule has 3 heteroatoms. The van der Waals surface area contributed by atoms with Crippen LogP contribution in [0.2, 0.25) is 0 Å². The van der Waals surface area contributed by atoms with Crippen molar-refractivity contribution in [3.05, 3.63) is 23.3 Å². The van der Waals surface area contributed by atoms with E-state index in [4.69, 9.17) is 4.74 Å². The summed E-state index contributed by atoms with van der Waals surface area (Å²) in [5.41, 5.74) is 2.95. The molecule has 0 aliphatic carbocycles. The van der Waals surface area contributed by atoms with E-state index in [9.17, 15) is 4.79 Å². The number of benzene rings is 1. The Morgan fingerprint density at radius 1 is 1.33 bits per heavy atom. The van der Waals surface area contributed by atoms with Crippen molar-refractivity contribution in [1.82, 2.24) is 0 Å². The molecule has 0 bridgehead atoms. The van der Waals surface area contributed by atoms with Gasteiger partial charge in [-0.2, -0.15) is 0 Å². The first kappa shape index (κ1) is 11.6. The second-order valence-corrected chi connectivity index (χ2v) is 3.55. The van der Waals surface area contributed by atoms with Gasteiger partial charge >= 0.3 is 0 Å². The molecule has 0 fully saturated rings. The molecule has 0 saturated heterocycles. The average molecular weight is 207 g/mol. The van der Waals surface area contributed by atoms with Crippen LogP contribution in [0.15, 0.2) is 12.1 Å². The van der Waals surface area contributed by atoms with Gasteiger partial charge in [-0.1, -0.05) is 6.07 Å². The van der Waals surface area contributed by atoms with E-state index in [0.29, 0.717) is 6.61 Å². The van der Waals surface area contributed by atoms with Gasteiger partial charge in [-0.05, 0) is 31.9 Å². The quantitative estimate of drug-likeness (QED) is 0.827. The number of carbonyl (C=O) groups excluding carboxylic acids is 1. The SMILES string of the molecule is CCOc1cc(NC(C)=O)c(C)cc1C. The van der Waals surface area contributed by atoms with Gasteiger partial charge < -0.3 is 10.1 Å². The summed E-state index contributed by atoms with van der Waals surface area (Å²) in [6, 6.07) is 3.88. The molecule has 0 aliphatic rings. The minimum atomic E-state index is -0.0654. The Balaban J connectivity index is 3.05. The maximum atomic E-state index is 11.0. The van der Waals surface area contributed by atoms with Crippen LogP contribution in [0.3, 0.4) is 0 Å². The summed E-state index contributed by atoms with van der Waals surface area (Å²) in [7, 11) is 0. The largest absolute Gasteiger partial charge is 0.494 e. The van der Waals surface area contributed by atoms with Crippen LogP contribution in [0.1, 0.15) is 25.0 Å². The summed E-state index contributed by atoms with van der Waals surface area (Å²) >= 11 is 0. The van der Waals surface area contributed by atoms with Crippen LogP contribution in [-0.2, 0) is 4.79 Å². The van der Waals surface area contributed by atoms with Crippen molar-refractivity contribution in [1.29, 1.82) is 0 Å². The molecule has 1 rings (SSSR count). The smallest absolute Gasteiger partial charge is 0.221 e. The average Bonchev–Trinajstić information content (AvgIpc) is 2.12. The van der Waals surface area contributed by atoms with Gasteiger partial charge in [0.05, 0.1) is 6.61 Å². The summed E-state index contributed by atoms with van der Waals surface area (Å²) in [4.78, 5) is 11.0. The van der Waals surface area contributed by atoms with Crippen LogP contribution >= 0.6 is 0 Å². The Bertz CT molecular complexity index is 372. The lowest BCUT2D eigenvalue weighted by atomic mass is 10.1. The molecular weight excluding hydrogens is 190 g/mol.